The van der Waals surface area contributed by atoms with Crippen molar-refractivity contribution in [2.45, 2.75) is 12.1 Å². The minimum Gasteiger partial charge on any atom is -0.508 e. The molecule has 7 heteroatoms. The summed E-state index contributed by atoms with van der Waals surface area (Å²) in [6.07, 6.45) is 3.75. The normalized spacial score (nSPS) is 19.3. The Hall–Kier alpha value is -2.90. The summed E-state index contributed by atoms with van der Waals surface area (Å²) >= 11 is 5.54. The lowest BCUT2D eigenvalue weighted by atomic mass is 10.0. The Labute approximate surface area is 162 Å². The zero-order valence-electron chi connectivity index (χ0n) is 14.6. The molecule has 3 heterocycles. The van der Waals surface area contributed by atoms with E-state index in [1.165, 1.54) is 0 Å². The van der Waals surface area contributed by atoms with Crippen LogP contribution in [0.3, 0.4) is 0 Å². The van der Waals surface area contributed by atoms with Crippen LogP contribution in [0.2, 0.25) is 0 Å². The summed E-state index contributed by atoms with van der Waals surface area (Å²) in [5.41, 5.74) is 2.86. The van der Waals surface area contributed by atoms with E-state index >= 15 is 0 Å². The smallest absolute Gasteiger partial charge is 0.170 e. The summed E-state index contributed by atoms with van der Waals surface area (Å²) in [4.78, 5) is 6.51. The summed E-state index contributed by atoms with van der Waals surface area (Å²) in [6.45, 7) is 0.438. The number of hydrogen-bond acceptors (Lipinski definition) is 4. The molecule has 0 aliphatic carbocycles. The fourth-order valence-corrected chi connectivity index (χ4v) is 3.89. The van der Waals surface area contributed by atoms with Crippen molar-refractivity contribution in [3.8, 4) is 11.4 Å². The van der Waals surface area contributed by atoms with Gasteiger partial charge in [-0.2, -0.15) is 0 Å². The van der Waals surface area contributed by atoms with Gasteiger partial charge in [0.2, 0.25) is 0 Å². The zero-order chi connectivity index (χ0) is 18.8. The lowest BCUT2D eigenvalue weighted by Crippen LogP contribution is -2.32. The van der Waals surface area contributed by atoms with Crippen molar-refractivity contribution in [3.05, 3.63) is 78.4 Å². The second-order valence-electron chi connectivity index (χ2n) is 6.36. The zero-order valence-corrected chi connectivity index (χ0v) is 15.4. The lowest BCUT2D eigenvalue weighted by Gasteiger charge is -2.28. The maximum Gasteiger partial charge on any atom is 0.170 e. The number of pyridine rings is 1. The summed E-state index contributed by atoms with van der Waals surface area (Å²) in [5, 5.41) is 23.1. The Morgan fingerprint density at radius 2 is 1.89 bits per heavy atom. The molecule has 1 saturated heterocycles. The number of rotatable bonds is 5. The van der Waals surface area contributed by atoms with Crippen LogP contribution in [0, 0.1) is 0 Å². The van der Waals surface area contributed by atoms with Crippen LogP contribution in [0.25, 0.3) is 5.69 Å². The molecule has 4 rings (SSSR count). The minimum atomic E-state index is -0.129. The topological polar surface area (TPSA) is 73.5 Å². The van der Waals surface area contributed by atoms with E-state index in [9.17, 15) is 10.2 Å². The molecule has 2 aromatic heterocycles. The number of phenolic OH excluding ortho intramolecular Hbond substituents is 1. The fraction of sp³-hybridized carbons (Fsp3) is 0.200. The summed E-state index contributed by atoms with van der Waals surface area (Å²) in [5.74, 6) is 0.226. The summed E-state index contributed by atoms with van der Waals surface area (Å²) < 4.78 is 2.07. The Balaban J connectivity index is 1.80. The van der Waals surface area contributed by atoms with Crippen LogP contribution >= 0.6 is 12.2 Å². The number of aromatic hydroxyl groups is 1. The first kappa shape index (κ1) is 17.5. The van der Waals surface area contributed by atoms with Crippen molar-refractivity contribution in [1.29, 1.82) is 0 Å². The predicted octanol–water partition coefficient (Wildman–Crippen LogP) is 2.54. The van der Waals surface area contributed by atoms with Gasteiger partial charge in [0.05, 0.1) is 24.4 Å². The number of thiocarbonyl (C=S) groups is 1. The number of benzene rings is 1. The molecule has 1 fully saturated rings. The first-order chi connectivity index (χ1) is 13.2. The molecular formula is C20H20N4O2S. The van der Waals surface area contributed by atoms with E-state index in [-0.39, 0.29) is 24.4 Å². The molecule has 3 aromatic rings. The van der Waals surface area contributed by atoms with Gasteiger partial charge in [-0.15, -0.1) is 0 Å². The first-order valence-corrected chi connectivity index (χ1v) is 9.15. The molecule has 0 radical (unpaired) electrons. The van der Waals surface area contributed by atoms with Crippen molar-refractivity contribution < 1.29 is 10.2 Å². The Kier molecular flexibility index (Phi) is 4.79. The first-order valence-electron chi connectivity index (χ1n) is 8.74. The lowest BCUT2D eigenvalue weighted by molar-refractivity contribution is 0.220. The Morgan fingerprint density at radius 1 is 1.07 bits per heavy atom. The molecule has 6 nitrogen and oxygen atoms in total. The summed E-state index contributed by atoms with van der Waals surface area (Å²) in [6, 6.07) is 16.7. The molecule has 1 aliphatic rings. The van der Waals surface area contributed by atoms with Crippen LogP contribution in [0.5, 0.6) is 5.75 Å². The third-order valence-electron chi connectivity index (χ3n) is 4.75. The highest BCUT2D eigenvalue weighted by atomic mass is 32.1. The molecule has 27 heavy (non-hydrogen) atoms. The number of aliphatic hydroxyl groups is 1. The van der Waals surface area contributed by atoms with Gasteiger partial charge in [-0.25, -0.2) is 0 Å². The van der Waals surface area contributed by atoms with E-state index < -0.39 is 0 Å². The molecule has 138 valence electrons. The highest BCUT2D eigenvalue weighted by Gasteiger charge is 2.40. The van der Waals surface area contributed by atoms with Crippen molar-refractivity contribution in [2.24, 2.45) is 0 Å². The maximum absolute atomic E-state index is 9.59. The van der Waals surface area contributed by atoms with Crippen molar-refractivity contribution in [3.63, 3.8) is 0 Å². The van der Waals surface area contributed by atoms with Crippen LogP contribution in [0.1, 0.15) is 23.5 Å². The van der Waals surface area contributed by atoms with E-state index in [0.29, 0.717) is 11.7 Å². The number of aromatic nitrogens is 2. The number of aliphatic hydroxyl groups excluding tert-OH is 1. The maximum atomic E-state index is 9.59. The number of hydrogen-bond donors (Lipinski definition) is 3. The second kappa shape index (κ2) is 7.38. The van der Waals surface area contributed by atoms with Crippen molar-refractivity contribution >= 4 is 17.3 Å². The third-order valence-corrected chi connectivity index (χ3v) is 5.10. The number of β-amino-alcohol motifs (C(OH)–C–C–N with tert-alkyl or cyclic N) is 1. The van der Waals surface area contributed by atoms with Gasteiger partial charge < -0.3 is 25.0 Å². The molecule has 1 aliphatic heterocycles. The van der Waals surface area contributed by atoms with Crippen LogP contribution in [0.15, 0.2) is 67.0 Å². The average Bonchev–Trinajstić information content (AvgIpc) is 3.28. The van der Waals surface area contributed by atoms with Gasteiger partial charge in [0.1, 0.15) is 5.75 Å². The highest BCUT2D eigenvalue weighted by molar-refractivity contribution is 7.80. The monoisotopic (exact) mass is 380 g/mol. The van der Waals surface area contributed by atoms with E-state index in [2.05, 4.69) is 14.9 Å². The van der Waals surface area contributed by atoms with Crippen molar-refractivity contribution in [2.75, 3.05) is 13.2 Å². The van der Waals surface area contributed by atoms with Gasteiger partial charge in [0.25, 0.3) is 0 Å². The molecule has 2 atom stereocenters. The van der Waals surface area contributed by atoms with Gasteiger partial charge in [0, 0.05) is 30.3 Å². The van der Waals surface area contributed by atoms with Gasteiger partial charge in [0.15, 0.2) is 5.11 Å². The van der Waals surface area contributed by atoms with E-state index in [4.69, 9.17) is 12.2 Å². The molecule has 1 aromatic carbocycles. The number of nitrogens with one attached hydrogen (secondary N) is 1. The highest BCUT2D eigenvalue weighted by Crippen LogP contribution is 2.39. The number of nitrogens with zero attached hydrogens (tertiary/aromatic N) is 3. The minimum absolute atomic E-state index is 0.00712. The molecule has 0 spiro atoms. The van der Waals surface area contributed by atoms with E-state index in [1.807, 2.05) is 53.6 Å². The van der Waals surface area contributed by atoms with Gasteiger partial charge in [-0.1, -0.05) is 6.07 Å². The van der Waals surface area contributed by atoms with Crippen LogP contribution in [-0.4, -0.2) is 42.9 Å². The second-order valence-corrected chi connectivity index (χ2v) is 6.75. The SMILES string of the molecule is OCCN1C(=S)NC(c2ccccn2)C1c1cccn1-c1ccc(O)cc1. The predicted molar refractivity (Wildman–Crippen MR) is 107 cm³/mol. The molecule has 0 amide bonds. The van der Waals surface area contributed by atoms with Gasteiger partial charge >= 0.3 is 0 Å². The van der Waals surface area contributed by atoms with Crippen LogP contribution in [0.4, 0.5) is 0 Å². The largest absolute Gasteiger partial charge is 0.508 e. The van der Waals surface area contributed by atoms with Crippen LogP contribution in [-0.2, 0) is 0 Å². The molecule has 3 N–H and O–H groups in total. The summed E-state index contributed by atoms with van der Waals surface area (Å²) in [7, 11) is 0. The Bertz CT molecular complexity index is 927. The van der Waals surface area contributed by atoms with Crippen LogP contribution < -0.4 is 5.32 Å². The number of phenols is 1. The van der Waals surface area contributed by atoms with Crippen molar-refractivity contribution in [1.82, 2.24) is 19.8 Å². The van der Waals surface area contributed by atoms with Gasteiger partial charge in [-0.3, -0.25) is 4.98 Å². The Morgan fingerprint density at radius 3 is 2.59 bits per heavy atom. The standard InChI is InChI=1S/C20H20N4O2S/c25-13-12-24-19(18(22-20(24)27)16-4-1-2-10-21-16)17-5-3-11-23(17)14-6-8-15(26)9-7-14/h1-11,18-19,25-26H,12-13H2,(H,22,27). The average molecular weight is 380 g/mol. The molecular weight excluding hydrogens is 360 g/mol. The molecule has 0 bridgehead atoms. The van der Waals surface area contributed by atoms with E-state index in [0.717, 1.165) is 17.1 Å². The third kappa shape index (κ3) is 3.27. The quantitative estimate of drug-likeness (QED) is 0.591. The fourth-order valence-electron chi connectivity index (χ4n) is 3.56. The molecule has 0 saturated carbocycles. The molecule has 2 unspecified atom stereocenters. The van der Waals surface area contributed by atoms with Gasteiger partial charge in [-0.05, 0) is 60.7 Å². The van der Waals surface area contributed by atoms with E-state index in [1.54, 1.807) is 18.3 Å².